The number of hydrogen-bond acceptors (Lipinski definition) is 8. The Morgan fingerprint density at radius 2 is 2.12 bits per heavy atom. The average Bonchev–Trinajstić information content (AvgIpc) is 3.16. The lowest BCUT2D eigenvalue weighted by molar-refractivity contribution is -0.118. The zero-order valence-corrected chi connectivity index (χ0v) is 15.5. The van der Waals surface area contributed by atoms with Gasteiger partial charge in [0, 0.05) is 11.8 Å². The first-order valence-corrected chi connectivity index (χ1v) is 9.39. The first kappa shape index (κ1) is 18.0. The first-order valence-electron chi connectivity index (χ1n) is 7.59. The number of nitrogens with one attached hydrogen (secondary N) is 1. The molecule has 2 heterocycles. The minimum Gasteiger partial charge on any atom is -0.496 e. The van der Waals surface area contributed by atoms with E-state index in [1.807, 2.05) is 42.5 Å². The summed E-state index contributed by atoms with van der Waals surface area (Å²) in [6.45, 7) is 0. The molecule has 0 unspecified atom stereocenters. The zero-order valence-electron chi connectivity index (χ0n) is 13.8. The molecule has 0 spiro atoms. The van der Waals surface area contributed by atoms with Crippen LogP contribution in [0.3, 0.4) is 0 Å². The van der Waals surface area contributed by atoms with E-state index in [-0.39, 0.29) is 11.7 Å². The molecule has 26 heavy (non-hydrogen) atoms. The third-order valence-corrected chi connectivity index (χ3v) is 5.23. The maximum atomic E-state index is 11.9. The lowest BCUT2D eigenvalue weighted by atomic mass is 10.2. The molecule has 0 aliphatic rings. The van der Waals surface area contributed by atoms with Crippen molar-refractivity contribution in [2.45, 2.75) is 4.34 Å². The third-order valence-electron chi connectivity index (χ3n) is 3.15. The summed E-state index contributed by atoms with van der Waals surface area (Å²) in [4.78, 5) is 16.1. The van der Waals surface area contributed by atoms with Gasteiger partial charge in [0.25, 0.3) is 5.91 Å². The second-order valence-corrected chi connectivity index (χ2v) is 7.11. The Kier molecular flexibility index (Phi) is 6.29. The Morgan fingerprint density at radius 1 is 1.27 bits per heavy atom. The van der Waals surface area contributed by atoms with Crippen LogP contribution >= 0.6 is 23.1 Å². The highest BCUT2D eigenvalue weighted by Gasteiger charge is 2.10. The molecule has 0 saturated carbocycles. The van der Waals surface area contributed by atoms with Crippen molar-refractivity contribution in [2.75, 3.05) is 12.9 Å². The number of hydrogen-bond donors (Lipinski definition) is 1. The fourth-order valence-corrected chi connectivity index (χ4v) is 3.59. The number of methoxy groups -OCH3 is 1. The number of aromatic nitrogens is 3. The number of carbonyl (C=O) groups excluding carboxylic acids is 1. The van der Waals surface area contributed by atoms with Gasteiger partial charge in [-0.2, -0.15) is 5.10 Å². The van der Waals surface area contributed by atoms with Gasteiger partial charge in [-0.3, -0.25) is 9.78 Å². The Hall–Kier alpha value is -2.78. The molecule has 0 radical (unpaired) electrons. The van der Waals surface area contributed by atoms with E-state index in [1.165, 1.54) is 23.1 Å². The molecular formula is C17H15N5O2S2. The van der Waals surface area contributed by atoms with E-state index >= 15 is 0 Å². The van der Waals surface area contributed by atoms with Crippen LogP contribution in [0.15, 0.2) is 58.1 Å². The van der Waals surface area contributed by atoms with Crippen molar-refractivity contribution in [1.29, 1.82) is 0 Å². The van der Waals surface area contributed by atoms with E-state index in [0.717, 1.165) is 16.3 Å². The molecule has 1 N–H and O–H groups in total. The van der Waals surface area contributed by atoms with Gasteiger partial charge >= 0.3 is 0 Å². The minimum absolute atomic E-state index is 0.195. The summed E-state index contributed by atoms with van der Waals surface area (Å²) in [6.07, 6.45) is 3.25. The molecule has 2 aromatic heterocycles. The van der Waals surface area contributed by atoms with Gasteiger partial charge < -0.3 is 4.74 Å². The van der Waals surface area contributed by atoms with Crippen LogP contribution in [-0.2, 0) is 4.79 Å². The van der Waals surface area contributed by atoms with Crippen molar-refractivity contribution in [3.63, 3.8) is 0 Å². The molecule has 0 saturated heterocycles. The highest BCUT2D eigenvalue weighted by molar-refractivity contribution is 8.01. The van der Waals surface area contributed by atoms with Gasteiger partial charge in [0.05, 0.1) is 19.1 Å². The van der Waals surface area contributed by atoms with E-state index < -0.39 is 0 Å². The number of carbonyl (C=O) groups is 1. The number of pyridine rings is 1. The SMILES string of the molecule is COc1ccccc1/C=N\NC(=O)CSc1nnc(-c2ccccn2)s1. The summed E-state index contributed by atoms with van der Waals surface area (Å²) in [5.41, 5.74) is 4.04. The van der Waals surface area contributed by atoms with Crippen LogP contribution < -0.4 is 10.2 Å². The summed E-state index contributed by atoms with van der Waals surface area (Å²) in [7, 11) is 1.59. The van der Waals surface area contributed by atoms with Crippen molar-refractivity contribution < 1.29 is 9.53 Å². The van der Waals surface area contributed by atoms with Crippen LogP contribution in [-0.4, -0.2) is 40.2 Å². The largest absolute Gasteiger partial charge is 0.496 e. The van der Waals surface area contributed by atoms with Crippen LogP contribution in [0.5, 0.6) is 5.75 Å². The van der Waals surface area contributed by atoms with Crippen LogP contribution in [0.2, 0.25) is 0 Å². The predicted octanol–water partition coefficient (Wildman–Crippen LogP) is 2.85. The summed E-state index contributed by atoms with van der Waals surface area (Å²) in [6, 6.07) is 13.0. The number of thioether (sulfide) groups is 1. The van der Waals surface area contributed by atoms with Gasteiger partial charge in [-0.1, -0.05) is 41.3 Å². The fraction of sp³-hybridized carbons (Fsp3) is 0.118. The number of benzene rings is 1. The molecule has 3 aromatic rings. The number of para-hydroxylation sites is 1. The number of nitrogens with zero attached hydrogens (tertiary/aromatic N) is 4. The van der Waals surface area contributed by atoms with Gasteiger partial charge in [-0.05, 0) is 24.3 Å². The van der Waals surface area contributed by atoms with E-state index in [1.54, 1.807) is 19.5 Å². The summed E-state index contributed by atoms with van der Waals surface area (Å²) in [5, 5.41) is 12.8. The lowest BCUT2D eigenvalue weighted by Crippen LogP contribution is -2.19. The highest BCUT2D eigenvalue weighted by atomic mass is 32.2. The van der Waals surface area contributed by atoms with E-state index in [2.05, 4.69) is 25.7 Å². The first-order chi connectivity index (χ1) is 12.8. The average molecular weight is 385 g/mol. The van der Waals surface area contributed by atoms with Crippen LogP contribution in [0, 0.1) is 0 Å². The minimum atomic E-state index is -0.226. The van der Waals surface area contributed by atoms with Gasteiger partial charge in [-0.15, -0.1) is 10.2 Å². The third kappa shape index (κ3) is 4.87. The molecule has 3 rings (SSSR count). The Bertz CT molecular complexity index is 899. The molecule has 1 aromatic carbocycles. The highest BCUT2D eigenvalue weighted by Crippen LogP contribution is 2.27. The zero-order chi connectivity index (χ0) is 18.2. The number of hydrazone groups is 1. The number of amides is 1. The quantitative estimate of drug-likeness (QED) is 0.382. The monoisotopic (exact) mass is 385 g/mol. The fourth-order valence-electron chi connectivity index (χ4n) is 1.97. The van der Waals surface area contributed by atoms with Gasteiger partial charge in [-0.25, -0.2) is 5.43 Å². The smallest absolute Gasteiger partial charge is 0.250 e. The maximum absolute atomic E-state index is 11.9. The topological polar surface area (TPSA) is 89.4 Å². The second kappa shape index (κ2) is 9.07. The van der Waals surface area contributed by atoms with Crippen LogP contribution in [0.25, 0.3) is 10.7 Å². The normalized spacial score (nSPS) is 10.8. The molecule has 0 aliphatic heterocycles. The van der Waals surface area contributed by atoms with Crippen molar-refractivity contribution >= 4 is 35.2 Å². The van der Waals surface area contributed by atoms with Gasteiger partial charge in [0.1, 0.15) is 11.4 Å². The Morgan fingerprint density at radius 3 is 2.92 bits per heavy atom. The summed E-state index contributed by atoms with van der Waals surface area (Å²) < 4.78 is 5.92. The molecule has 0 bridgehead atoms. The van der Waals surface area contributed by atoms with Crippen molar-refractivity contribution in [3.05, 3.63) is 54.2 Å². The standard InChI is InChI=1S/C17H15N5O2S2/c1-24-14-8-3-2-6-12(14)10-19-20-15(23)11-25-17-22-21-16(26-17)13-7-4-5-9-18-13/h2-10H,11H2,1H3,(H,20,23)/b19-10-. The van der Waals surface area contributed by atoms with E-state index in [0.29, 0.717) is 10.1 Å². The van der Waals surface area contributed by atoms with Crippen molar-refractivity contribution in [2.24, 2.45) is 5.10 Å². The Balaban J connectivity index is 1.50. The van der Waals surface area contributed by atoms with Crippen LogP contribution in [0.4, 0.5) is 0 Å². The van der Waals surface area contributed by atoms with Gasteiger partial charge in [0.15, 0.2) is 9.35 Å². The second-order valence-electron chi connectivity index (χ2n) is 4.91. The predicted molar refractivity (Wildman–Crippen MR) is 103 cm³/mol. The number of ether oxygens (including phenoxy) is 1. The molecule has 0 aliphatic carbocycles. The molecular weight excluding hydrogens is 370 g/mol. The Labute approximate surface area is 158 Å². The maximum Gasteiger partial charge on any atom is 0.250 e. The van der Waals surface area contributed by atoms with Crippen LogP contribution in [0.1, 0.15) is 5.56 Å². The molecule has 0 atom stereocenters. The number of rotatable bonds is 7. The van der Waals surface area contributed by atoms with E-state index in [9.17, 15) is 4.79 Å². The summed E-state index contributed by atoms with van der Waals surface area (Å²) >= 11 is 2.70. The molecule has 132 valence electrons. The molecule has 7 nitrogen and oxygen atoms in total. The summed E-state index contributed by atoms with van der Waals surface area (Å²) in [5.74, 6) is 0.659. The van der Waals surface area contributed by atoms with Crippen molar-refractivity contribution in [3.8, 4) is 16.5 Å². The lowest BCUT2D eigenvalue weighted by Gasteiger charge is -2.03. The molecule has 1 amide bonds. The van der Waals surface area contributed by atoms with Crippen molar-refractivity contribution in [1.82, 2.24) is 20.6 Å². The van der Waals surface area contributed by atoms with E-state index in [4.69, 9.17) is 4.74 Å². The van der Waals surface area contributed by atoms with Gasteiger partial charge in [0.2, 0.25) is 0 Å². The molecule has 9 heteroatoms. The molecule has 0 fully saturated rings.